The van der Waals surface area contributed by atoms with Gasteiger partial charge in [0.2, 0.25) is 0 Å². The first-order valence-corrected chi connectivity index (χ1v) is 7.67. The summed E-state index contributed by atoms with van der Waals surface area (Å²) in [5, 5.41) is 12.2. The molecule has 2 amide bonds. The van der Waals surface area contributed by atoms with Crippen molar-refractivity contribution in [1.82, 2.24) is 10.2 Å². The molecule has 0 spiro atoms. The van der Waals surface area contributed by atoms with E-state index in [1.807, 2.05) is 41.0 Å². The Hall–Kier alpha value is -2.08. The smallest absolute Gasteiger partial charge is 0.324 e. The molecule has 22 heavy (non-hydrogen) atoms. The molecule has 6 nitrogen and oxygen atoms in total. The number of hydrogen-bond acceptors (Lipinski definition) is 3. The second-order valence-corrected chi connectivity index (χ2v) is 6.03. The first-order valence-electron chi connectivity index (χ1n) is 7.67. The highest BCUT2D eigenvalue weighted by atomic mass is 16.4. The summed E-state index contributed by atoms with van der Waals surface area (Å²) in [6, 6.07) is 7.98. The number of anilines is 1. The molecule has 0 bridgehead atoms. The van der Waals surface area contributed by atoms with Crippen LogP contribution in [0.2, 0.25) is 0 Å². The molecule has 118 valence electrons. The summed E-state index contributed by atoms with van der Waals surface area (Å²) in [6.45, 7) is 5.05. The number of carboxylic acids is 1. The fraction of sp³-hybridized carbons (Fsp3) is 0.500. The number of carboxylic acid groups (broad SMARTS) is 1. The van der Waals surface area contributed by atoms with Gasteiger partial charge in [-0.1, -0.05) is 19.1 Å². The zero-order valence-corrected chi connectivity index (χ0v) is 12.7. The van der Waals surface area contributed by atoms with Gasteiger partial charge in [-0.2, -0.15) is 0 Å². The largest absolute Gasteiger partial charge is 0.481 e. The minimum absolute atomic E-state index is 0.0311. The molecule has 3 rings (SSSR count). The highest BCUT2D eigenvalue weighted by molar-refractivity contribution is 5.94. The van der Waals surface area contributed by atoms with Crippen LogP contribution in [-0.4, -0.2) is 54.2 Å². The number of rotatable bonds is 4. The zero-order chi connectivity index (χ0) is 15.7. The van der Waals surface area contributed by atoms with Crippen LogP contribution in [0.25, 0.3) is 0 Å². The van der Waals surface area contributed by atoms with E-state index in [0.29, 0.717) is 6.54 Å². The van der Waals surface area contributed by atoms with E-state index in [9.17, 15) is 9.59 Å². The fourth-order valence-corrected chi connectivity index (χ4v) is 3.20. The van der Waals surface area contributed by atoms with Gasteiger partial charge in [0.05, 0.1) is 12.5 Å². The van der Waals surface area contributed by atoms with E-state index in [-0.39, 0.29) is 24.4 Å². The second-order valence-electron chi connectivity index (χ2n) is 6.03. The summed E-state index contributed by atoms with van der Waals surface area (Å²) in [6.07, 6.45) is 0.115. The van der Waals surface area contributed by atoms with Gasteiger partial charge in [-0.05, 0) is 23.6 Å². The maximum Gasteiger partial charge on any atom is 0.324 e. The summed E-state index contributed by atoms with van der Waals surface area (Å²) in [5.74, 6) is -0.827. The van der Waals surface area contributed by atoms with Gasteiger partial charge in [-0.25, -0.2) is 4.79 Å². The van der Waals surface area contributed by atoms with Crippen molar-refractivity contribution in [3.63, 3.8) is 0 Å². The molecule has 2 atom stereocenters. The van der Waals surface area contributed by atoms with Crippen molar-refractivity contribution >= 4 is 17.7 Å². The number of piperazine rings is 1. The van der Waals surface area contributed by atoms with E-state index < -0.39 is 5.97 Å². The average molecular weight is 303 g/mol. The SMILES string of the molecule is CC(CC(=O)O)c1ccc(N2C[C@@H]3CNCCN3C2=O)cc1. The number of hydrogen-bond donors (Lipinski definition) is 2. The van der Waals surface area contributed by atoms with Crippen molar-refractivity contribution in [2.45, 2.75) is 25.3 Å². The molecule has 6 heteroatoms. The van der Waals surface area contributed by atoms with Gasteiger partial charge in [0.25, 0.3) is 0 Å². The zero-order valence-electron chi connectivity index (χ0n) is 12.7. The van der Waals surface area contributed by atoms with Gasteiger partial charge in [0.15, 0.2) is 0 Å². The summed E-state index contributed by atoms with van der Waals surface area (Å²) in [4.78, 5) is 27.0. The maximum absolute atomic E-state index is 12.5. The Bertz CT molecular complexity index is 573. The van der Waals surface area contributed by atoms with E-state index >= 15 is 0 Å². The lowest BCUT2D eigenvalue weighted by Gasteiger charge is -2.28. The molecule has 2 aliphatic rings. The first kappa shape index (κ1) is 14.8. The lowest BCUT2D eigenvalue weighted by molar-refractivity contribution is -0.137. The van der Waals surface area contributed by atoms with Crippen molar-refractivity contribution in [1.29, 1.82) is 0 Å². The highest BCUT2D eigenvalue weighted by Crippen LogP contribution is 2.27. The number of fused-ring (bicyclic) bond motifs is 1. The predicted octanol–water partition coefficient (Wildman–Crippen LogP) is 1.48. The van der Waals surface area contributed by atoms with Gasteiger partial charge in [-0.3, -0.25) is 9.69 Å². The number of urea groups is 1. The van der Waals surface area contributed by atoms with Crippen molar-refractivity contribution < 1.29 is 14.7 Å². The predicted molar refractivity (Wildman–Crippen MR) is 83.2 cm³/mol. The van der Waals surface area contributed by atoms with E-state index in [1.54, 1.807) is 0 Å². The standard InChI is InChI=1S/C16H21N3O3/c1-11(8-15(20)21)12-2-4-13(5-3-12)19-10-14-9-17-6-7-18(14)16(19)22/h2-5,11,14,17H,6-10H2,1H3,(H,20,21)/t11?,14-/m0/s1. The van der Waals surface area contributed by atoms with Crippen LogP contribution in [0, 0.1) is 0 Å². The van der Waals surface area contributed by atoms with Gasteiger partial charge >= 0.3 is 12.0 Å². The number of nitrogens with one attached hydrogen (secondary N) is 1. The van der Waals surface area contributed by atoms with Crippen molar-refractivity contribution in [3.05, 3.63) is 29.8 Å². The first-order chi connectivity index (χ1) is 10.6. The molecule has 0 aromatic heterocycles. The molecule has 1 unspecified atom stereocenters. The lowest BCUT2D eigenvalue weighted by atomic mass is 9.97. The third-order valence-electron chi connectivity index (χ3n) is 4.47. The van der Waals surface area contributed by atoms with Crippen molar-refractivity contribution in [3.8, 4) is 0 Å². The Morgan fingerprint density at radius 2 is 2.14 bits per heavy atom. The average Bonchev–Trinajstić information content (AvgIpc) is 2.84. The quantitative estimate of drug-likeness (QED) is 0.883. The normalized spacial score (nSPS) is 22.6. The Balaban J connectivity index is 1.73. The minimum atomic E-state index is -0.796. The molecule has 0 saturated carbocycles. The molecular formula is C16H21N3O3. The van der Waals surface area contributed by atoms with Crippen LogP contribution in [0.4, 0.5) is 10.5 Å². The molecule has 1 aromatic rings. The lowest BCUT2D eigenvalue weighted by Crippen LogP contribution is -2.49. The Kier molecular flexibility index (Phi) is 4.02. The number of aliphatic carboxylic acids is 1. The Labute approximate surface area is 129 Å². The second kappa shape index (κ2) is 5.96. The monoisotopic (exact) mass is 303 g/mol. The summed E-state index contributed by atoms with van der Waals surface area (Å²) >= 11 is 0. The molecular weight excluding hydrogens is 282 g/mol. The molecule has 2 saturated heterocycles. The third kappa shape index (κ3) is 2.78. The molecule has 2 N–H and O–H groups in total. The molecule has 1 aromatic carbocycles. The van der Waals surface area contributed by atoms with E-state index in [0.717, 1.165) is 30.9 Å². The van der Waals surface area contributed by atoms with Crippen LogP contribution in [0.3, 0.4) is 0 Å². The van der Waals surface area contributed by atoms with Gasteiger partial charge in [0.1, 0.15) is 0 Å². The van der Waals surface area contributed by atoms with Crippen molar-refractivity contribution in [2.75, 3.05) is 31.1 Å². The summed E-state index contributed by atoms with van der Waals surface area (Å²) < 4.78 is 0. The number of benzene rings is 1. The highest BCUT2D eigenvalue weighted by Gasteiger charge is 2.38. The Morgan fingerprint density at radius 3 is 2.77 bits per heavy atom. The summed E-state index contributed by atoms with van der Waals surface area (Å²) in [7, 11) is 0. The number of amides is 2. The van der Waals surface area contributed by atoms with Crippen molar-refractivity contribution in [2.24, 2.45) is 0 Å². The van der Waals surface area contributed by atoms with Crippen LogP contribution in [0.5, 0.6) is 0 Å². The fourth-order valence-electron chi connectivity index (χ4n) is 3.20. The summed E-state index contributed by atoms with van der Waals surface area (Å²) in [5.41, 5.74) is 1.86. The Morgan fingerprint density at radius 1 is 1.41 bits per heavy atom. The topological polar surface area (TPSA) is 72.9 Å². The van der Waals surface area contributed by atoms with E-state index in [4.69, 9.17) is 5.11 Å². The third-order valence-corrected chi connectivity index (χ3v) is 4.47. The van der Waals surface area contributed by atoms with Gasteiger partial charge in [0, 0.05) is 31.9 Å². The van der Waals surface area contributed by atoms with Gasteiger partial charge < -0.3 is 15.3 Å². The van der Waals surface area contributed by atoms with Crippen LogP contribution >= 0.6 is 0 Å². The maximum atomic E-state index is 12.5. The molecule has 0 aliphatic carbocycles. The van der Waals surface area contributed by atoms with Crippen LogP contribution in [-0.2, 0) is 4.79 Å². The van der Waals surface area contributed by atoms with E-state index in [2.05, 4.69) is 5.32 Å². The number of carbonyl (C=O) groups excluding carboxylic acids is 1. The van der Waals surface area contributed by atoms with Crippen LogP contribution in [0.1, 0.15) is 24.8 Å². The molecule has 2 fully saturated rings. The van der Waals surface area contributed by atoms with Gasteiger partial charge in [-0.15, -0.1) is 0 Å². The minimum Gasteiger partial charge on any atom is -0.481 e. The number of nitrogens with zero attached hydrogens (tertiary/aromatic N) is 2. The van der Waals surface area contributed by atoms with Crippen LogP contribution < -0.4 is 10.2 Å². The molecule has 0 radical (unpaired) electrons. The molecule has 2 heterocycles. The molecule has 2 aliphatic heterocycles. The number of carbonyl (C=O) groups is 2. The van der Waals surface area contributed by atoms with Crippen LogP contribution in [0.15, 0.2) is 24.3 Å². The van der Waals surface area contributed by atoms with E-state index in [1.165, 1.54) is 0 Å².